The van der Waals surface area contributed by atoms with Crippen LogP contribution >= 0.6 is 0 Å². The molecule has 144 valence electrons. The molecule has 2 atom stereocenters. The van der Waals surface area contributed by atoms with Gasteiger partial charge in [0.05, 0.1) is 0 Å². The van der Waals surface area contributed by atoms with Crippen LogP contribution in [0.1, 0.15) is 44.7 Å². The maximum Gasteiger partial charge on any atom is 0.407 e. The van der Waals surface area contributed by atoms with E-state index in [1.807, 2.05) is 38.1 Å². The molecule has 1 aromatic heterocycles. The number of nitrogens with zero attached hydrogens (tertiary/aromatic N) is 1. The highest BCUT2D eigenvalue weighted by Crippen LogP contribution is 2.37. The number of carbonyl (C=O) groups excluding carboxylic acids is 1. The first-order chi connectivity index (χ1) is 13.1. The minimum absolute atomic E-state index is 0.0534. The number of hydrogen-bond acceptors (Lipinski definition) is 6. The average molecular weight is 372 g/mol. The first-order valence-electron chi connectivity index (χ1n) is 9.26. The summed E-state index contributed by atoms with van der Waals surface area (Å²) in [5.74, 6) is 2.53. The zero-order valence-corrected chi connectivity index (χ0v) is 15.5. The molecule has 2 aliphatic rings. The highest BCUT2D eigenvalue weighted by atomic mass is 16.7. The third kappa shape index (κ3) is 4.10. The number of alkyl carbamates (subject to hydrolysis) is 1. The zero-order valence-electron chi connectivity index (χ0n) is 15.5. The number of rotatable bonds is 5. The van der Waals surface area contributed by atoms with Gasteiger partial charge in [-0.15, -0.1) is 0 Å². The number of benzene rings is 1. The van der Waals surface area contributed by atoms with E-state index in [4.69, 9.17) is 14.2 Å². The predicted octanol–water partition coefficient (Wildman–Crippen LogP) is 3.65. The first kappa shape index (κ1) is 17.5. The van der Waals surface area contributed by atoms with Crippen LogP contribution in [0.25, 0.3) is 0 Å². The quantitative estimate of drug-likeness (QED) is 0.741. The van der Waals surface area contributed by atoms with E-state index in [1.54, 1.807) is 0 Å². The Balaban J connectivity index is 1.34. The standard InChI is InChI=1S/C19H24N4O4/c1-11(2)20-19(24)27-14-5-3-12(7-14)15-9-18(23-22-15)21-13-4-6-16-17(8-13)26-10-25-16/h4,6,8-9,11-12,14H,3,5,7,10H2,1-2H3,(H,20,24)(H2,21,22,23)/t12-,14+/m0/s1. The lowest BCUT2D eigenvalue weighted by atomic mass is 10.0. The van der Waals surface area contributed by atoms with Crippen LogP contribution in [0.3, 0.4) is 0 Å². The molecular weight excluding hydrogens is 348 g/mol. The van der Waals surface area contributed by atoms with Crippen LogP contribution in [0.2, 0.25) is 0 Å². The van der Waals surface area contributed by atoms with Crippen molar-refractivity contribution in [2.75, 3.05) is 12.1 Å². The molecule has 1 aromatic carbocycles. The predicted molar refractivity (Wildman–Crippen MR) is 99.6 cm³/mol. The number of fused-ring (bicyclic) bond motifs is 1. The first-order valence-corrected chi connectivity index (χ1v) is 9.26. The summed E-state index contributed by atoms with van der Waals surface area (Å²) in [7, 11) is 0. The number of amides is 1. The summed E-state index contributed by atoms with van der Waals surface area (Å²) < 4.78 is 16.2. The fourth-order valence-electron chi connectivity index (χ4n) is 3.48. The second-order valence-electron chi connectivity index (χ2n) is 7.24. The summed E-state index contributed by atoms with van der Waals surface area (Å²) in [5.41, 5.74) is 1.93. The molecule has 1 aliphatic carbocycles. The van der Waals surface area contributed by atoms with Crippen LogP contribution in [0.15, 0.2) is 24.3 Å². The molecule has 2 heterocycles. The molecule has 1 saturated carbocycles. The Morgan fingerprint density at radius 3 is 2.96 bits per heavy atom. The van der Waals surface area contributed by atoms with E-state index >= 15 is 0 Å². The number of aromatic amines is 1. The van der Waals surface area contributed by atoms with Gasteiger partial charge in [-0.1, -0.05) is 0 Å². The van der Waals surface area contributed by atoms with Gasteiger partial charge in [0.1, 0.15) is 6.10 Å². The van der Waals surface area contributed by atoms with Gasteiger partial charge >= 0.3 is 6.09 Å². The fraction of sp³-hybridized carbons (Fsp3) is 0.474. The van der Waals surface area contributed by atoms with Crippen LogP contribution in [0.4, 0.5) is 16.3 Å². The Labute approximate surface area is 157 Å². The molecule has 0 spiro atoms. The number of nitrogens with one attached hydrogen (secondary N) is 3. The Hall–Kier alpha value is -2.90. The van der Waals surface area contributed by atoms with Gasteiger partial charge in [0.25, 0.3) is 0 Å². The molecule has 2 aromatic rings. The van der Waals surface area contributed by atoms with E-state index in [0.29, 0.717) is 5.92 Å². The number of aromatic nitrogens is 2. The zero-order chi connectivity index (χ0) is 18.8. The Bertz CT molecular complexity index is 820. The summed E-state index contributed by atoms with van der Waals surface area (Å²) in [6, 6.07) is 7.77. The van der Waals surface area contributed by atoms with Crippen LogP contribution in [0, 0.1) is 0 Å². The average Bonchev–Trinajstić information content (AvgIpc) is 3.33. The van der Waals surface area contributed by atoms with Crippen LogP contribution in [-0.2, 0) is 4.74 Å². The van der Waals surface area contributed by atoms with E-state index in [9.17, 15) is 4.79 Å². The van der Waals surface area contributed by atoms with Gasteiger partial charge in [0, 0.05) is 35.5 Å². The summed E-state index contributed by atoms with van der Waals surface area (Å²) in [6.07, 6.45) is 2.23. The van der Waals surface area contributed by atoms with Crippen LogP contribution in [-0.4, -0.2) is 35.2 Å². The molecule has 3 N–H and O–H groups in total. The number of carbonyl (C=O) groups is 1. The lowest BCUT2D eigenvalue weighted by Crippen LogP contribution is -2.33. The number of anilines is 2. The number of H-pyrrole nitrogens is 1. The third-order valence-electron chi connectivity index (χ3n) is 4.75. The van der Waals surface area contributed by atoms with Crippen molar-refractivity contribution < 1.29 is 19.0 Å². The topological polar surface area (TPSA) is 97.5 Å². The Morgan fingerprint density at radius 1 is 1.26 bits per heavy atom. The lowest BCUT2D eigenvalue weighted by molar-refractivity contribution is 0.0981. The van der Waals surface area contributed by atoms with E-state index in [-0.39, 0.29) is 25.0 Å². The molecule has 0 bridgehead atoms. The molecule has 8 nitrogen and oxygen atoms in total. The molecule has 0 saturated heterocycles. The smallest absolute Gasteiger partial charge is 0.407 e. The van der Waals surface area contributed by atoms with Gasteiger partial charge in [-0.3, -0.25) is 5.10 Å². The van der Waals surface area contributed by atoms with Gasteiger partial charge in [-0.2, -0.15) is 5.10 Å². The molecule has 4 rings (SSSR count). The molecular formula is C19H24N4O4. The SMILES string of the molecule is CC(C)NC(=O)O[C@@H]1CC[C@H](c2cc(Nc3ccc4c(c3)OCO4)n[nH]2)C1. The van der Waals surface area contributed by atoms with E-state index in [0.717, 1.165) is 48.0 Å². The second kappa shape index (κ2) is 7.38. The van der Waals surface area contributed by atoms with Gasteiger partial charge < -0.3 is 24.8 Å². The van der Waals surface area contributed by atoms with Gasteiger partial charge in [0.15, 0.2) is 17.3 Å². The minimum Gasteiger partial charge on any atom is -0.454 e. The second-order valence-corrected chi connectivity index (χ2v) is 7.24. The van der Waals surface area contributed by atoms with Crippen LogP contribution < -0.4 is 20.1 Å². The van der Waals surface area contributed by atoms with E-state index < -0.39 is 0 Å². The molecule has 8 heteroatoms. The molecule has 1 fully saturated rings. The van der Waals surface area contributed by atoms with Crippen molar-refractivity contribution in [2.45, 2.75) is 51.2 Å². The maximum absolute atomic E-state index is 11.8. The van der Waals surface area contributed by atoms with Crippen molar-refractivity contribution in [1.82, 2.24) is 15.5 Å². The molecule has 0 radical (unpaired) electrons. The molecule has 27 heavy (non-hydrogen) atoms. The van der Waals surface area contributed by atoms with E-state index in [1.165, 1.54) is 0 Å². The summed E-state index contributed by atoms with van der Waals surface area (Å²) in [5, 5.41) is 13.5. The van der Waals surface area contributed by atoms with E-state index in [2.05, 4.69) is 20.8 Å². The fourth-order valence-corrected chi connectivity index (χ4v) is 3.48. The van der Waals surface area contributed by atoms with Crippen molar-refractivity contribution in [3.05, 3.63) is 30.0 Å². The molecule has 0 unspecified atom stereocenters. The summed E-state index contributed by atoms with van der Waals surface area (Å²) in [6.45, 7) is 4.08. The van der Waals surface area contributed by atoms with Crippen molar-refractivity contribution in [3.63, 3.8) is 0 Å². The van der Waals surface area contributed by atoms with Gasteiger partial charge in [-0.05, 0) is 45.2 Å². The Kier molecular flexibility index (Phi) is 4.79. The number of hydrogen-bond donors (Lipinski definition) is 3. The van der Waals surface area contributed by atoms with Crippen molar-refractivity contribution in [1.29, 1.82) is 0 Å². The molecule has 1 aliphatic heterocycles. The monoisotopic (exact) mass is 372 g/mol. The molecule has 1 amide bonds. The lowest BCUT2D eigenvalue weighted by Gasteiger charge is -2.14. The van der Waals surface area contributed by atoms with Gasteiger partial charge in [-0.25, -0.2) is 4.79 Å². The minimum atomic E-state index is -0.342. The van der Waals surface area contributed by atoms with Crippen molar-refractivity contribution >= 4 is 17.6 Å². The summed E-state index contributed by atoms with van der Waals surface area (Å²) >= 11 is 0. The normalized spacial score (nSPS) is 20.7. The number of ether oxygens (including phenoxy) is 3. The maximum atomic E-state index is 11.8. The van der Waals surface area contributed by atoms with Gasteiger partial charge in [0.2, 0.25) is 6.79 Å². The van der Waals surface area contributed by atoms with Crippen LogP contribution in [0.5, 0.6) is 11.5 Å². The third-order valence-corrected chi connectivity index (χ3v) is 4.75. The van der Waals surface area contributed by atoms with Crippen molar-refractivity contribution in [3.8, 4) is 11.5 Å². The summed E-state index contributed by atoms with van der Waals surface area (Å²) in [4.78, 5) is 11.8. The Morgan fingerprint density at radius 2 is 2.11 bits per heavy atom. The highest BCUT2D eigenvalue weighted by Gasteiger charge is 2.30. The van der Waals surface area contributed by atoms with Crippen molar-refractivity contribution in [2.24, 2.45) is 0 Å². The highest BCUT2D eigenvalue weighted by molar-refractivity contribution is 5.67. The largest absolute Gasteiger partial charge is 0.454 e.